The summed E-state index contributed by atoms with van der Waals surface area (Å²) in [6.45, 7) is 3.02. The molecule has 2 aromatic heterocycles. The summed E-state index contributed by atoms with van der Waals surface area (Å²) in [6.07, 6.45) is 4.23. The van der Waals surface area contributed by atoms with Gasteiger partial charge >= 0.3 is 0 Å². The maximum absolute atomic E-state index is 5.37. The summed E-state index contributed by atoms with van der Waals surface area (Å²) >= 11 is 0. The Morgan fingerprint density at radius 3 is 2.81 bits per heavy atom. The number of nitrogens with zero attached hydrogens (tertiary/aromatic N) is 5. The molecule has 1 aliphatic rings. The van der Waals surface area contributed by atoms with E-state index in [0.717, 1.165) is 24.5 Å². The molecule has 0 amide bonds. The van der Waals surface area contributed by atoms with Crippen LogP contribution in [-0.4, -0.2) is 53.3 Å². The summed E-state index contributed by atoms with van der Waals surface area (Å²) in [5.74, 6) is 2.03. The summed E-state index contributed by atoms with van der Waals surface area (Å²) in [7, 11) is 1.81. The highest BCUT2D eigenvalue weighted by Crippen LogP contribution is 2.14. The molecular formula is C14H18N6O. The second-order valence-corrected chi connectivity index (χ2v) is 4.76. The number of rotatable bonds is 4. The van der Waals surface area contributed by atoms with E-state index in [9.17, 15) is 0 Å². The molecule has 3 heterocycles. The molecular weight excluding hydrogens is 268 g/mol. The Hall–Kier alpha value is -2.28. The van der Waals surface area contributed by atoms with Gasteiger partial charge < -0.3 is 15.0 Å². The second kappa shape index (κ2) is 6.45. The van der Waals surface area contributed by atoms with Gasteiger partial charge in [0.05, 0.1) is 13.2 Å². The van der Waals surface area contributed by atoms with Gasteiger partial charge in [-0.2, -0.15) is 15.0 Å². The lowest BCUT2D eigenvalue weighted by Gasteiger charge is -2.27. The quantitative estimate of drug-likeness (QED) is 0.888. The zero-order valence-electron chi connectivity index (χ0n) is 12.0. The lowest BCUT2D eigenvalue weighted by molar-refractivity contribution is 0.122. The van der Waals surface area contributed by atoms with E-state index in [2.05, 4.69) is 30.2 Å². The van der Waals surface area contributed by atoms with E-state index in [1.54, 1.807) is 6.20 Å². The summed E-state index contributed by atoms with van der Waals surface area (Å²) in [5.41, 5.74) is 1.08. The van der Waals surface area contributed by atoms with Crippen LogP contribution in [0.25, 0.3) is 0 Å². The molecule has 0 spiro atoms. The van der Waals surface area contributed by atoms with Crippen LogP contribution in [0.4, 0.5) is 11.9 Å². The third-order valence-electron chi connectivity index (χ3n) is 3.27. The number of ether oxygens (including phenoxy) is 1. The molecule has 0 aliphatic carbocycles. The van der Waals surface area contributed by atoms with E-state index in [1.165, 1.54) is 0 Å². The van der Waals surface area contributed by atoms with Crippen molar-refractivity contribution in [1.29, 1.82) is 0 Å². The summed E-state index contributed by atoms with van der Waals surface area (Å²) in [6, 6.07) is 3.93. The van der Waals surface area contributed by atoms with Crippen LogP contribution in [0.15, 0.2) is 24.5 Å². The van der Waals surface area contributed by atoms with Crippen LogP contribution in [0.3, 0.4) is 0 Å². The Kier molecular flexibility index (Phi) is 4.20. The lowest BCUT2D eigenvalue weighted by Crippen LogP contribution is -2.37. The van der Waals surface area contributed by atoms with Gasteiger partial charge in [-0.3, -0.25) is 4.98 Å². The SMILES string of the molecule is CNc1nc(Cc2cccnc2)nc(N2CCOCC2)n1. The summed E-state index contributed by atoms with van der Waals surface area (Å²) in [5, 5.41) is 3.00. The van der Waals surface area contributed by atoms with Crippen LogP contribution >= 0.6 is 0 Å². The van der Waals surface area contributed by atoms with Crippen LogP contribution in [0, 0.1) is 0 Å². The molecule has 0 saturated carbocycles. The van der Waals surface area contributed by atoms with Gasteiger partial charge in [0.25, 0.3) is 0 Å². The second-order valence-electron chi connectivity index (χ2n) is 4.76. The van der Waals surface area contributed by atoms with Crippen molar-refractivity contribution in [3.05, 3.63) is 35.9 Å². The number of nitrogens with one attached hydrogen (secondary N) is 1. The van der Waals surface area contributed by atoms with Crippen LogP contribution in [0.1, 0.15) is 11.4 Å². The first-order chi connectivity index (χ1) is 10.3. The van der Waals surface area contributed by atoms with Crippen LogP contribution < -0.4 is 10.2 Å². The molecule has 1 aliphatic heterocycles. The Balaban J connectivity index is 1.85. The summed E-state index contributed by atoms with van der Waals surface area (Å²) in [4.78, 5) is 19.7. The van der Waals surface area contributed by atoms with Crippen molar-refractivity contribution in [2.75, 3.05) is 43.6 Å². The molecule has 1 N–H and O–H groups in total. The largest absolute Gasteiger partial charge is 0.378 e. The highest BCUT2D eigenvalue weighted by atomic mass is 16.5. The van der Waals surface area contributed by atoms with Crippen molar-refractivity contribution >= 4 is 11.9 Å². The predicted octanol–water partition coefficient (Wildman–Crippen LogP) is 0.736. The Morgan fingerprint density at radius 1 is 1.24 bits per heavy atom. The molecule has 0 unspecified atom stereocenters. The van der Waals surface area contributed by atoms with Gasteiger partial charge in [-0.1, -0.05) is 6.07 Å². The molecule has 21 heavy (non-hydrogen) atoms. The average molecular weight is 286 g/mol. The molecule has 0 radical (unpaired) electrons. The van der Waals surface area contributed by atoms with Gasteiger partial charge in [0.15, 0.2) is 0 Å². The number of aromatic nitrogens is 4. The highest BCUT2D eigenvalue weighted by molar-refractivity contribution is 5.37. The van der Waals surface area contributed by atoms with Crippen molar-refractivity contribution in [3.63, 3.8) is 0 Å². The molecule has 1 saturated heterocycles. The highest BCUT2D eigenvalue weighted by Gasteiger charge is 2.16. The van der Waals surface area contributed by atoms with Crippen molar-refractivity contribution in [2.45, 2.75) is 6.42 Å². The third-order valence-corrected chi connectivity index (χ3v) is 3.27. The van der Waals surface area contributed by atoms with E-state index in [1.807, 2.05) is 25.4 Å². The molecule has 0 atom stereocenters. The number of morpholine rings is 1. The normalized spacial score (nSPS) is 15.0. The van der Waals surface area contributed by atoms with E-state index < -0.39 is 0 Å². The molecule has 1 fully saturated rings. The minimum atomic E-state index is 0.588. The molecule has 7 nitrogen and oxygen atoms in total. The minimum Gasteiger partial charge on any atom is -0.378 e. The first kappa shape index (κ1) is 13.7. The topological polar surface area (TPSA) is 76.1 Å². The fraction of sp³-hybridized carbons (Fsp3) is 0.429. The number of pyridine rings is 1. The van der Waals surface area contributed by atoms with Crippen molar-refractivity contribution in [1.82, 2.24) is 19.9 Å². The zero-order chi connectivity index (χ0) is 14.5. The number of hydrogen-bond acceptors (Lipinski definition) is 7. The first-order valence-corrected chi connectivity index (χ1v) is 6.99. The average Bonchev–Trinajstić information content (AvgIpc) is 2.56. The fourth-order valence-corrected chi connectivity index (χ4v) is 2.19. The van der Waals surface area contributed by atoms with Gasteiger partial charge in [-0.25, -0.2) is 0 Å². The number of hydrogen-bond donors (Lipinski definition) is 1. The Labute approximate surface area is 123 Å². The van der Waals surface area contributed by atoms with Gasteiger partial charge in [-0.05, 0) is 11.6 Å². The molecule has 2 aromatic rings. The minimum absolute atomic E-state index is 0.588. The van der Waals surface area contributed by atoms with Crippen LogP contribution in [0.2, 0.25) is 0 Å². The maximum atomic E-state index is 5.37. The van der Waals surface area contributed by atoms with E-state index in [4.69, 9.17) is 4.74 Å². The standard InChI is InChI=1S/C14H18N6O/c1-15-13-17-12(9-11-3-2-4-16-10-11)18-14(19-13)20-5-7-21-8-6-20/h2-4,10H,5-9H2,1H3,(H,15,17,18,19). The van der Waals surface area contributed by atoms with Crippen molar-refractivity contribution < 1.29 is 4.74 Å². The molecule has 7 heteroatoms. The van der Waals surface area contributed by atoms with Gasteiger partial charge in [-0.15, -0.1) is 0 Å². The van der Waals surface area contributed by atoms with Crippen molar-refractivity contribution in [3.8, 4) is 0 Å². The smallest absolute Gasteiger partial charge is 0.230 e. The maximum Gasteiger partial charge on any atom is 0.230 e. The monoisotopic (exact) mass is 286 g/mol. The van der Waals surface area contributed by atoms with Gasteiger partial charge in [0.1, 0.15) is 5.82 Å². The van der Waals surface area contributed by atoms with E-state index in [-0.39, 0.29) is 0 Å². The molecule has 110 valence electrons. The third kappa shape index (κ3) is 3.43. The fourth-order valence-electron chi connectivity index (χ4n) is 2.19. The zero-order valence-corrected chi connectivity index (χ0v) is 12.0. The molecule has 0 aromatic carbocycles. The van der Waals surface area contributed by atoms with Gasteiger partial charge in [0.2, 0.25) is 11.9 Å². The predicted molar refractivity (Wildman–Crippen MR) is 79.4 cm³/mol. The van der Waals surface area contributed by atoms with E-state index in [0.29, 0.717) is 31.5 Å². The van der Waals surface area contributed by atoms with Crippen LogP contribution in [-0.2, 0) is 11.2 Å². The van der Waals surface area contributed by atoms with E-state index >= 15 is 0 Å². The van der Waals surface area contributed by atoms with Crippen molar-refractivity contribution in [2.24, 2.45) is 0 Å². The summed E-state index contributed by atoms with van der Waals surface area (Å²) < 4.78 is 5.37. The molecule has 3 rings (SSSR count). The number of anilines is 2. The van der Waals surface area contributed by atoms with Gasteiger partial charge in [0, 0.05) is 39.0 Å². The lowest BCUT2D eigenvalue weighted by atomic mass is 10.2. The Morgan fingerprint density at radius 2 is 2.10 bits per heavy atom. The molecule has 0 bridgehead atoms. The first-order valence-electron chi connectivity index (χ1n) is 6.99. The van der Waals surface area contributed by atoms with Crippen LogP contribution in [0.5, 0.6) is 0 Å². The Bertz CT molecular complexity index is 585.